The van der Waals surface area contributed by atoms with E-state index in [-0.39, 0.29) is 0 Å². The zero-order valence-electron chi connectivity index (χ0n) is 6.50. The number of rotatable bonds is 1. The third-order valence-electron chi connectivity index (χ3n) is 1.57. The van der Waals surface area contributed by atoms with E-state index in [9.17, 15) is 0 Å². The van der Waals surface area contributed by atoms with Crippen molar-refractivity contribution in [1.82, 2.24) is 4.98 Å². The van der Waals surface area contributed by atoms with Gasteiger partial charge in [0.25, 0.3) is 0 Å². The fraction of sp³-hybridized carbons (Fsp3) is 0. The second kappa shape index (κ2) is 3.64. The van der Waals surface area contributed by atoms with Crippen molar-refractivity contribution in [3.05, 3.63) is 39.6 Å². The molecule has 0 amide bonds. The van der Waals surface area contributed by atoms with Crippen LogP contribution in [-0.4, -0.2) is 4.98 Å². The molecule has 1 heterocycles. The summed E-state index contributed by atoms with van der Waals surface area (Å²) < 4.78 is 6.99. The molecule has 0 fully saturated rings. The molecule has 66 valence electrons. The third kappa shape index (κ3) is 2.00. The molecule has 2 nitrogen and oxygen atoms in total. The van der Waals surface area contributed by atoms with Gasteiger partial charge in [-0.15, -0.1) is 0 Å². The molecule has 0 atom stereocenters. The molecule has 1 aromatic carbocycles. The van der Waals surface area contributed by atoms with E-state index in [0.717, 1.165) is 10.0 Å². The smallest absolute Gasteiger partial charge is 0.227 e. The molecule has 0 bridgehead atoms. The fourth-order valence-electron chi connectivity index (χ4n) is 0.980. The maximum atomic E-state index is 5.30. The average molecular weight is 303 g/mol. The first-order chi connectivity index (χ1) is 6.25. The summed E-state index contributed by atoms with van der Waals surface area (Å²) in [5, 5.41) is 0. The second-order valence-corrected chi connectivity index (χ2v) is 4.17. The molecule has 0 aliphatic heterocycles. The van der Waals surface area contributed by atoms with E-state index >= 15 is 0 Å². The van der Waals surface area contributed by atoms with Gasteiger partial charge in [0.05, 0.1) is 6.20 Å². The number of hydrogen-bond donors (Lipinski definition) is 0. The highest BCUT2D eigenvalue weighted by molar-refractivity contribution is 9.10. The van der Waals surface area contributed by atoms with E-state index < -0.39 is 0 Å². The summed E-state index contributed by atoms with van der Waals surface area (Å²) in [6, 6.07) is 7.80. The van der Waals surface area contributed by atoms with Gasteiger partial charge in [0.1, 0.15) is 0 Å². The predicted octanol–water partition coefficient (Wildman–Crippen LogP) is 3.87. The predicted molar refractivity (Wildman–Crippen MR) is 57.3 cm³/mol. The van der Waals surface area contributed by atoms with E-state index in [0.29, 0.717) is 10.6 Å². The average Bonchev–Trinajstić information content (AvgIpc) is 2.53. The van der Waals surface area contributed by atoms with Gasteiger partial charge in [0, 0.05) is 10.0 Å². The minimum absolute atomic E-state index is 0.624. The molecule has 0 aliphatic rings. The van der Waals surface area contributed by atoms with Gasteiger partial charge in [-0.1, -0.05) is 15.9 Å². The number of benzene rings is 1. The summed E-state index contributed by atoms with van der Waals surface area (Å²) in [6.45, 7) is 0. The fourth-order valence-corrected chi connectivity index (χ4v) is 1.50. The van der Waals surface area contributed by atoms with Crippen molar-refractivity contribution < 1.29 is 4.42 Å². The molecule has 0 unspecified atom stereocenters. The van der Waals surface area contributed by atoms with Crippen LogP contribution in [0.3, 0.4) is 0 Å². The minimum atomic E-state index is 0.624. The van der Waals surface area contributed by atoms with Gasteiger partial charge in [-0.3, -0.25) is 0 Å². The molecule has 2 aromatic rings. The molecule has 0 saturated heterocycles. The van der Waals surface area contributed by atoms with Gasteiger partial charge in [-0.2, -0.15) is 0 Å². The van der Waals surface area contributed by atoms with Crippen LogP contribution in [0.4, 0.5) is 0 Å². The highest BCUT2D eigenvalue weighted by atomic mass is 79.9. The third-order valence-corrected chi connectivity index (χ3v) is 2.46. The van der Waals surface area contributed by atoms with Gasteiger partial charge in [-0.25, -0.2) is 4.98 Å². The van der Waals surface area contributed by atoms with E-state index in [1.165, 1.54) is 0 Å². The largest absolute Gasteiger partial charge is 0.429 e. The van der Waals surface area contributed by atoms with Crippen LogP contribution in [0.1, 0.15) is 0 Å². The number of halogens is 2. The Balaban J connectivity index is 2.41. The molecule has 0 aliphatic carbocycles. The van der Waals surface area contributed by atoms with Crippen LogP contribution >= 0.6 is 31.9 Å². The number of nitrogens with zero attached hydrogens (tertiary/aromatic N) is 1. The zero-order chi connectivity index (χ0) is 9.26. The summed E-state index contributed by atoms with van der Waals surface area (Å²) in [6.07, 6.45) is 1.64. The summed E-state index contributed by atoms with van der Waals surface area (Å²) >= 11 is 6.57. The summed E-state index contributed by atoms with van der Waals surface area (Å²) in [5.74, 6) is 0.624. The molecule has 1 aromatic heterocycles. The van der Waals surface area contributed by atoms with Gasteiger partial charge in [-0.05, 0) is 40.2 Å². The maximum Gasteiger partial charge on any atom is 0.227 e. The van der Waals surface area contributed by atoms with Crippen LogP contribution in [0, 0.1) is 0 Å². The van der Waals surface area contributed by atoms with E-state index in [4.69, 9.17) is 4.42 Å². The van der Waals surface area contributed by atoms with E-state index in [1.54, 1.807) is 6.20 Å². The van der Waals surface area contributed by atoms with Crippen LogP contribution in [0.25, 0.3) is 11.5 Å². The lowest BCUT2D eigenvalue weighted by Gasteiger charge is -1.94. The highest BCUT2D eigenvalue weighted by Crippen LogP contribution is 2.23. The molecule has 2 rings (SSSR count). The Hall–Kier alpha value is -0.610. The standard InChI is InChI=1S/C9H5Br2NO/c10-7-3-1-6(2-4-7)9-12-5-8(11)13-9/h1-5H. The summed E-state index contributed by atoms with van der Waals surface area (Å²) in [7, 11) is 0. The quantitative estimate of drug-likeness (QED) is 0.799. The summed E-state index contributed by atoms with van der Waals surface area (Å²) in [5.41, 5.74) is 0.967. The molecule has 4 heteroatoms. The van der Waals surface area contributed by atoms with Gasteiger partial charge < -0.3 is 4.42 Å². The SMILES string of the molecule is Brc1ccc(-c2ncc(Br)o2)cc1. The Morgan fingerprint density at radius 1 is 1.08 bits per heavy atom. The van der Waals surface area contributed by atoms with Crippen molar-refractivity contribution in [1.29, 1.82) is 0 Å². The molecule has 13 heavy (non-hydrogen) atoms. The first-order valence-electron chi connectivity index (χ1n) is 3.63. The first kappa shape index (κ1) is 8.97. The van der Waals surface area contributed by atoms with Crippen LogP contribution in [0.2, 0.25) is 0 Å². The van der Waals surface area contributed by atoms with E-state index in [1.807, 2.05) is 24.3 Å². The van der Waals surface area contributed by atoms with E-state index in [2.05, 4.69) is 36.8 Å². The Bertz CT molecular complexity index is 408. The Morgan fingerprint density at radius 2 is 1.77 bits per heavy atom. The number of hydrogen-bond acceptors (Lipinski definition) is 2. The lowest BCUT2D eigenvalue weighted by atomic mass is 10.2. The molecular weight excluding hydrogens is 298 g/mol. The van der Waals surface area contributed by atoms with Gasteiger partial charge >= 0.3 is 0 Å². The van der Waals surface area contributed by atoms with Gasteiger partial charge in [0.2, 0.25) is 5.89 Å². The maximum absolute atomic E-state index is 5.30. The number of oxazole rings is 1. The van der Waals surface area contributed by atoms with Crippen LogP contribution in [0.15, 0.2) is 44.0 Å². The van der Waals surface area contributed by atoms with Crippen molar-refractivity contribution >= 4 is 31.9 Å². The molecule has 0 spiro atoms. The highest BCUT2D eigenvalue weighted by Gasteiger charge is 2.03. The monoisotopic (exact) mass is 301 g/mol. The normalized spacial score (nSPS) is 10.3. The topological polar surface area (TPSA) is 26.0 Å². The first-order valence-corrected chi connectivity index (χ1v) is 5.21. The van der Waals surface area contributed by atoms with Crippen LogP contribution < -0.4 is 0 Å². The minimum Gasteiger partial charge on any atom is -0.429 e. The van der Waals surface area contributed by atoms with Crippen LogP contribution in [-0.2, 0) is 0 Å². The summed E-state index contributed by atoms with van der Waals surface area (Å²) in [4.78, 5) is 4.09. The molecule has 0 saturated carbocycles. The Kier molecular flexibility index (Phi) is 2.51. The molecule has 0 N–H and O–H groups in total. The van der Waals surface area contributed by atoms with Gasteiger partial charge in [0.15, 0.2) is 4.67 Å². The van der Waals surface area contributed by atoms with Crippen molar-refractivity contribution in [2.75, 3.05) is 0 Å². The number of aromatic nitrogens is 1. The van der Waals surface area contributed by atoms with Crippen molar-refractivity contribution in [3.63, 3.8) is 0 Å². The van der Waals surface area contributed by atoms with Crippen molar-refractivity contribution in [2.45, 2.75) is 0 Å². The van der Waals surface area contributed by atoms with Crippen LogP contribution in [0.5, 0.6) is 0 Å². The zero-order valence-corrected chi connectivity index (χ0v) is 9.67. The Labute approximate surface area is 92.2 Å². The molecular formula is C9H5Br2NO. The lowest BCUT2D eigenvalue weighted by Crippen LogP contribution is -1.74. The Morgan fingerprint density at radius 3 is 2.31 bits per heavy atom. The van der Waals surface area contributed by atoms with Crippen molar-refractivity contribution in [2.24, 2.45) is 0 Å². The van der Waals surface area contributed by atoms with Crippen molar-refractivity contribution in [3.8, 4) is 11.5 Å². The second-order valence-electron chi connectivity index (χ2n) is 2.48. The molecule has 0 radical (unpaired) electrons. The lowest BCUT2D eigenvalue weighted by molar-refractivity contribution is 0.549.